The molecule has 0 aliphatic carbocycles. The lowest BCUT2D eigenvalue weighted by Crippen LogP contribution is -2.06. The molecule has 0 unspecified atom stereocenters. The second-order valence-electron chi connectivity index (χ2n) is 4.45. The summed E-state index contributed by atoms with van der Waals surface area (Å²) in [5.74, 6) is -1.29. The number of halogens is 1. The van der Waals surface area contributed by atoms with Crippen molar-refractivity contribution in [2.75, 3.05) is 13.4 Å². The fourth-order valence-electron chi connectivity index (χ4n) is 1.85. The first kappa shape index (κ1) is 15.2. The third-order valence-corrected chi connectivity index (χ3v) is 4.10. The topological polar surface area (TPSA) is 60.4 Å². The molecule has 0 saturated carbocycles. The van der Waals surface area contributed by atoms with Gasteiger partial charge in [-0.25, -0.2) is 12.8 Å². The first-order chi connectivity index (χ1) is 9.84. The Bertz CT molecular complexity index is 780. The summed E-state index contributed by atoms with van der Waals surface area (Å²) in [4.78, 5) is 12.4. The minimum atomic E-state index is -3.33. The summed E-state index contributed by atoms with van der Waals surface area (Å²) < 4.78 is 41.6. The van der Waals surface area contributed by atoms with Gasteiger partial charge in [0.15, 0.2) is 27.2 Å². The summed E-state index contributed by atoms with van der Waals surface area (Å²) >= 11 is 0. The Morgan fingerprint density at radius 3 is 2.24 bits per heavy atom. The third kappa shape index (κ3) is 3.11. The maximum absolute atomic E-state index is 14.0. The van der Waals surface area contributed by atoms with Gasteiger partial charge < -0.3 is 4.74 Å². The van der Waals surface area contributed by atoms with Crippen molar-refractivity contribution in [3.05, 3.63) is 59.4 Å². The van der Waals surface area contributed by atoms with Crippen molar-refractivity contribution < 1.29 is 22.3 Å². The zero-order valence-corrected chi connectivity index (χ0v) is 12.3. The average molecular weight is 308 g/mol. The molecule has 2 aromatic carbocycles. The van der Waals surface area contributed by atoms with Crippen LogP contribution in [0.3, 0.4) is 0 Å². The normalized spacial score (nSPS) is 11.2. The number of carbonyl (C=O) groups excluding carboxylic acids is 1. The first-order valence-corrected chi connectivity index (χ1v) is 7.91. The molecule has 0 spiro atoms. The monoisotopic (exact) mass is 308 g/mol. The molecule has 0 amide bonds. The van der Waals surface area contributed by atoms with Gasteiger partial charge in [-0.15, -0.1) is 0 Å². The highest BCUT2D eigenvalue weighted by molar-refractivity contribution is 7.90. The lowest BCUT2D eigenvalue weighted by molar-refractivity contribution is 0.103. The van der Waals surface area contributed by atoms with Crippen LogP contribution in [0.2, 0.25) is 0 Å². The molecule has 0 atom stereocenters. The van der Waals surface area contributed by atoms with E-state index < -0.39 is 21.4 Å². The molecule has 0 aliphatic heterocycles. The van der Waals surface area contributed by atoms with E-state index in [2.05, 4.69) is 0 Å². The number of sulfone groups is 1. The van der Waals surface area contributed by atoms with Gasteiger partial charge in [-0.3, -0.25) is 4.79 Å². The largest absolute Gasteiger partial charge is 0.494 e. The lowest BCUT2D eigenvalue weighted by Gasteiger charge is -2.07. The molecule has 0 aromatic heterocycles. The van der Waals surface area contributed by atoms with Crippen LogP contribution >= 0.6 is 0 Å². The molecule has 2 aromatic rings. The molecular formula is C15H13FO4S. The van der Waals surface area contributed by atoms with Gasteiger partial charge in [0.25, 0.3) is 0 Å². The number of ether oxygens (including phenoxy) is 1. The Kier molecular flexibility index (Phi) is 4.09. The minimum Gasteiger partial charge on any atom is -0.494 e. The minimum absolute atomic E-state index is 0.0198. The summed E-state index contributed by atoms with van der Waals surface area (Å²) in [6.07, 6.45) is 1.07. The van der Waals surface area contributed by atoms with Gasteiger partial charge in [-0.2, -0.15) is 0 Å². The van der Waals surface area contributed by atoms with Crippen molar-refractivity contribution in [2.24, 2.45) is 0 Å². The van der Waals surface area contributed by atoms with Gasteiger partial charge in [0.1, 0.15) is 0 Å². The van der Waals surface area contributed by atoms with E-state index in [-0.39, 0.29) is 21.8 Å². The SMILES string of the molecule is COc1cccc(C(=O)c2ccc(S(C)(=O)=O)cc2)c1F. The number of benzene rings is 2. The summed E-state index contributed by atoms with van der Waals surface area (Å²) in [6, 6.07) is 9.64. The quantitative estimate of drug-likeness (QED) is 0.814. The molecule has 0 saturated heterocycles. The maximum Gasteiger partial charge on any atom is 0.196 e. The zero-order valence-electron chi connectivity index (χ0n) is 11.5. The van der Waals surface area contributed by atoms with E-state index in [1.807, 2.05) is 0 Å². The van der Waals surface area contributed by atoms with Crippen LogP contribution in [0.25, 0.3) is 0 Å². The van der Waals surface area contributed by atoms with Crippen molar-refractivity contribution in [1.29, 1.82) is 0 Å². The molecule has 21 heavy (non-hydrogen) atoms. The Morgan fingerprint density at radius 2 is 1.71 bits per heavy atom. The molecule has 0 heterocycles. The van der Waals surface area contributed by atoms with Crippen LogP contribution in [0, 0.1) is 5.82 Å². The van der Waals surface area contributed by atoms with Crippen LogP contribution in [0.4, 0.5) is 4.39 Å². The predicted octanol–water partition coefficient (Wildman–Crippen LogP) is 2.47. The van der Waals surface area contributed by atoms with E-state index in [4.69, 9.17) is 4.74 Å². The highest BCUT2D eigenvalue weighted by Gasteiger charge is 2.17. The van der Waals surface area contributed by atoms with Crippen LogP contribution in [0.15, 0.2) is 47.4 Å². The molecule has 110 valence electrons. The van der Waals surface area contributed by atoms with E-state index in [1.165, 1.54) is 49.6 Å². The number of hydrogen-bond acceptors (Lipinski definition) is 4. The van der Waals surface area contributed by atoms with Gasteiger partial charge in [0, 0.05) is 11.8 Å². The molecule has 0 fully saturated rings. The Labute approximate surface area is 122 Å². The Balaban J connectivity index is 2.41. The molecule has 0 bridgehead atoms. The van der Waals surface area contributed by atoms with Crippen molar-refractivity contribution >= 4 is 15.6 Å². The van der Waals surface area contributed by atoms with Crippen molar-refractivity contribution in [1.82, 2.24) is 0 Å². The van der Waals surface area contributed by atoms with E-state index in [9.17, 15) is 17.6 Å². The molecule has 0 aliphatic rings. The van der Waals surface area contributed by atoms with Gasteiger partial charge in [-0.05, 0) is 36.4 Å². The van der Waals surface area contributed by atoms with E-state index in [0.717, 1.165) is 6.26 Å². The van der Waals surface area contributed by atoms with Crippen LogP contribution in [-0.2, 0) is 9.84 Å². The Morgan fingerprint density at radius 1 is 1.10 bits per heavy atom. The number of ketones is 1. The molecule has 4 nitrogen and oxygen atoms in total. The van der Waals surface area contributed by atoms with E-state index in [0.29, 0.717) is 0 Å². The average Bonchev–Trinajstić information content (AvgIpc) is 2.46. The highest BCUT2D eigenvalue weighted by atomic mass is 32.2. The summed E-state index contributed by atoms with van der Waals surface area (Å²) in [6.45, 7) is 0. The second-order valence-corrected chi connectivity index (χ2v) is 6.46. The van der Waals surface area contributed by atoms with Crippen LogP contribution < -0.4 is 4.74 Å². The predicted molar refractivity (Wildman–Crippen MR) is 75.9 cm³/mol. The van der Waals surface area contributed by atoms with Crippen LogP contribution in [-0.4, -0.2) is 27.6 Å². The van der Waals surface area contributed by atoms with E-state index in [1.54, 1.807) is 0 Å². The second kappa shape index (κ2) is 5.65. The highest BCUT2D eigenvalue weighted by Crippen LogP contribution is 2.23. The fraction of sp³-hybridized carbons (Fsp3) is 0.133. The van der Waals surface area contributed by atoms with Gasteiger partial charge in [-0.1, -0.05) is 6.07 Å². The van der Waals surface area contributed by atoms with Crippen molar-refractivity contribution in [3.63, 3.8) is 0 Å². The lowest BCUT2D eigenvalue weighted by atomic mass is 10.0. The van der Waals surface area contributed by atoms with Crippen molar-refractivity contribution in [2.45, 2.75) is 4.90 Å². The molecule has 6 heteroatoms. The third-order valence-electron chi connectivity index (χ3n) is 2.97. The van der Waals surface area contributed by atoms with Crippen LogP contribution in [0.1, 0.15) is 15.9 Å². The first-order valence-electron chi connectivity index (χ1n) is 6.02. The zero-order chi connectivity index (χ0) is 15.6. The number of hydrogen-bond donors (Lipinski definition) is 0. The fourth-order valence-corrected chi connectivity index (χ4v) is 2.48. The molecule has 0 radical (unpaired) electrons. The van der Waals surface area contributed by atoms with Crippen molar-refractivity contribution in [3.8, 4) is 5.75 Å². The van der Waals surface area contributed by atoms with Gasteiger partial charge >= 0.3 is 0 Å². The molecule has 2 rings (SSSR count). The van der Waals surface area contributed by atoms with Gasteiger partial charge in [0.2, 0.25) is 0 Å². The summed E-state index contributed by atoms with van der Waals surface area (Å²) in [5.41, 5.74) is 0.0796. The van der Waals surface area contributed by atoms with Gasteiger partial charge in [0.05, 0.1) is 17.6 Å². The maximum atomic E-state index is 14.0. The standard InChI is InChI=1S/C15H13FO4S/c1-20-13-5-3-4-12(14(13)16)15(17)10-6-8-11(9-7-10)21(2,18)19/h3-9H,1-2H3. The summed E-state index contributed by atoms with van der Waals surface area (Å²) in [5, 5.41) is 0. The number of carbonyl (C=O) groups is 1. The number of rotatable bonds is 4. The summed E-state index contributed by atoms with van der Waals surface area (Å²) in [7, 11) is -2.02. The molecule has 0 N–H and O–H groups in total. The Hall–Kier alpha value is -2.21. The molecular weight excluding hydrogens is 295 g/mol. The number of methoxy groups -OCH3 is 1. The van der Waals surface area contributed by atoms with E-state index >= 15 is 0 Å². The van der Waals surface area contributed by atoms with Crippen LogP contribution in [0.5, 0.6) is 5.75 Å². The smallest absolute Gasteiger partial charge is 0.196 e.